The number of aromatic amines is 1. The summed E-state index contributed by atoms with van der Waals surface area (Å²) in [6, 6.07) is 8.14. The molecule has 1 aromatic heterocycles. The average Bonchev–Trinajstić information content (AvgIpc) is 2.94. The third-order valence-electron chi connectivity index (χ3n) is 5.77. The van der Waals surface area contributed by atoms with Crippen LogP contribution in [0.2, 0.25) is 0 Å². The van der Waals surface area contributed by atoms with Gasteiger partial charge >= 0.3 is 0 Å². The number of para-hydroxylation sites is 1. The molecular weight excluding hydrogens is 312 g/mol. The zero-order valence-electron chi connectivity index (χ0n) is 12.9. The monoisotopic (exact) mass is 332 g/mol. The SMILES string of the molecule is Cl.O=C(NC1C2CC3CC1CN(C3)C2)c1n[nH]c2ccccc12. The van der Waals surface area contributed by atoms with Gasteiger partial charge in [0.2, 0.25) is 0 Å². The normalized spacial score (nSPS) is 34.3. The first kappa shape index (κ1) is 15.0. The second-order valence-corrected chi connectivity index (χ2v) is 7.19. The van der Waals surface area contributed by atoms with Gasteiger partial charge in [0, 0.05) is 31.1 Å². The minimum atomic E-state index is -0.0232. The second kappa shape index (κ2) is 5.49. The molecule has 4 heterocycles. The predicted octanol–water partition coefficient (Wildman–Crippen LogP) is 2.05. The highest BCUT2D eigenvalue weighted by atomic mass is 35.5. The van der Waals surface area contributed by atoms with Crippen molar-refractivity contribution in [2.75, 3.05) is 19.6 Å². The number of halogens is 1. The van der Waals surface area contributed by atoms with Gasteiger partial charge in [-0.05, 0) is 36.7 Å². The van der Waals surface area contributed by atoms with Crippen LogP contribution in [0.1, 0.15) is 23.3 Å². The zero-order valence-corrected chi connectivity index (χ0v) is 13.7. The third kappa shape index (κ3) is 2.34. The first-order chi connectivity index (χ1) is 10.8. The lowest BCUT2D eigenvalue weighted by Crippen LogP contribution is -2.64. The molecule has 6 heteroatoms. The van der Waals surface area contributed by atoms with Gasteiger partial charge in [-0.15, -0.1) is 12.4 Å². The van der Waals surface area contributed by atoms with Gasteiger partial charge in [-0.1, -0.05) is 18.2 Å². The van der Waals surface area contributed by atoms with Crippen LogP contribution in [0.3, 0.4) is 0 Å². The number of fused-ring (bicyclic) bond motifs is 1. The van der Waals surface area contributed by atoms with Crippen molar-refractivity contribution in [1.82, 2.24) is 20.4 Å². The van der Waals surface area contributed by atoms with Crippen molar-refractivity contribution in [2.24, 2.45) is 17.8 Å². The van der Waals surface area contributed by atoms with Crippen LogP contribution >= 0.6 is 12.4 Å². The summed E-state index contributed by atoms with van der Waals surface area (Å²) in [6.45, 7) is 3.58. The maximum Gasteiger partial charge on any atom is 0.272 e. The van der Waals surface area contributed by atoms with E-state index in [0.717, 1.165) is 29.9 Å². The van der Waals surface area contributed by atoms with E-state index in [0.29, 0.717) is 23.6 Å². The molecule has 4 aliphatic rings. The molecule has 3 saturated heterocycles. The van der Waals surface area contributed by atoms with Gasteiger partial charge in [-0.2, -0.15) is 5.10 Å². The van der Waals surface area contributed by atoms with Crippen molar-refractivity contribution in [3.8, 4) is 0 Å². The highest BCUT2D eigenvalue weighted by molar-refractivity contribution is 6.04. The van der Waals surface area contributed by atoms with Gasteiger partial charge in [0.1, 0.15) is 0 Å². The van der Waals surface area contributed by atoms with Crippen molar-refractivity contribution in [1.29, 1.82) is 0 Å². The lowest BCUT2D eigenvalue weighted by Gasteiger charge is -2.55. The summed E-state index contributed by atoms with van der Waals surface area (Å²) in [5.41, 5.74) is 1.45. The molecule has 4 bridgehead atoms. The third-order valence-corrected chi connectivity index (χ3v) is 5.77. The summed E-state index contributed by atoms with van der Waals surface area (Å²) < 4.78 is 0. The summed E-state index contributed by atoms with van der Waals surface area (Å²) in [5.74, 6) is 2.09. The molecular formula is C17H21ClN4O. The largest absolute Gasteiger partial charge is 0.347 e. The molecule has 3 aliphatic heterocycles. The van der Waals surface area contributed by atoms with Crippen LogP contribution in [0, 0.1) is 17.8 Å². The lowest BCUT2D eigenvalue weighted by molar-refractivity contribution is -0.0419. The van der Waals surface area contributed by atoms with Crippen molar-refractivity contribution < 1.29 is 4.79 Å². The molecule has 5 nitrogen and oxygen atoms in total. The van der Waals surface area contributed by atoms with E-state index in [9.17, 15) is 4.79 Å². The van der Waals surface area contributed by atoms with E-state index in [1.54, 1.807) is 0 Å². The molecule has 1 aromatic carbocycles. The van der Waals surface area contributed by atoms with E-state index < -0.39 is 0 Å². The van der Waals surface area contributed by atoms with Crippen LogP contribution in [0.5, 0.6) is 0 Å². The standard InChI is InChI=1S/C17H20N4O.ClH/c22-17(16-13-3-1-2-4-14(13)19-20-16)18-15-11-5-10-6-12(15)9-21(7-10)8-11;/h1-4,10-12,15H,5-9H2,(H,18,22)(H,19,20);1H. The summed E-state index contributed by atoms with van der Waals surface area (Å²) in [7, 11) is 0. The fourth-order valence-electron chi connectivity index (χ4n) is 5.00. The Morgan fingerprint density at radius 3 is 2.65 bits per heavy atom. The molecule has 4 fully saturated rings. The Hall–Kier alpha value is -1.59. The molecule has 2 N–H and O–H groups in total. The maximum atomic E-state index is 12.7. The number of rotatable bonds is 2. The summed E-state index contributed by atoms with van der Waals surface area (Å²) in [4.78, 5) is 15.3. The van der Waals surface area contributed by atoms with Gasteiger partial charge in [-0.3, -0.25) is 9.89 Å². The van der Waals surface area contributed by atoms with Crippen molar-refractivity contribution in [2.45, 2.75) is 18.9 Å². The summed E-state index contributed by atoms with van der Waals surface area (Å²) in [5, 5.41) is 11.4. The van der Waals surface area contributed by atoms with Crippen LogP contribution in [0.15, 0.2) is 24.3 Å². The first-order valence-corrected chi connectivity index (χ1v) is 8.24. The number of carbonyl (C=O) groups is 1. The van der Waals surface area contributed by atoms with E-state index in [1.165, 1.54) is 19.4 Å². The van der Waals surface area contributed by atoms with Crippen LogP contribution in [-0.2, 0) is 0 Å². The Kier molecular flexibility index (Phi) is 3.58. The van der Waals surface area contributed by atoms with Crippen LogP contribution in [-0.4, -0.2) is 46.7 Å². The Labute approximate surface area is 141 Å². The second-order valence-electron chi connectivity index (χ2n) is 7.19. The Bertz CT molecular complexity index is 715. The number of nitrogens with zero attached hydrogens (tertiary/aromatic N) is 2. The molecule has 2 unspecified atom stereocenters. The molecule has 0 radical (unpaired) electrons. The van der Waals surface area contributed by atoms with Gasteiger partial charge in [-0.25, -0.2) is 0 Å². The fourth-order valence-corrected chi connectivity index (χ4v) is 5.00. The molecule has 1 amide bonds. The Morgan fingerprint density at radius 1 is 1.17 bits per heavy atom. The fraction of sp³-hybridized carbons (Fsp3) is 0.529. The van der Waals surface area contributed by atoms with Crippen molar-refractivity contribution in [3.05, 3.63) is 30.0 Å². The summed E-state index contributed by atoms with van der Waals surface area (Å²) >= 11 is 0. The number of amides is 1. The van der Waals surface area contributed by atoms with Gasteiger partial charge in [0.05, 0.1) is 5.52 Å². The number of hydrogen-bond donors (Lipinski definition) is 2. The van der Waals surface area contributed by atoms with E-state index in [4.69, 9.17) is 0 Å². The van der Waals surface area contributed by atoms with Gasteiger partial charge in [0.15, 0.2) is 5.69 Å². The molecule has 6 rings (SSSR count). The molecule has 2 atom stereocenters. The number of nitrogens with one attached hydrogen (secondary N) is 2. The topological polar surface area (TPSA) is 61.0 Å². The molecule has 2 aromatic rings. The van der Waals surface area contributed by atoms with E-state index in [-0.39, 0.29) is 18.3 Å². The minimum absolute atomic E-state index is 0. The molecule has 0 spiro atoms. The zero-order chi connectivity index (χ0) is 14.7. The number of piperidine rings is 3. The number of benzene rings is 1. The van der Waals surface area contributed by atoms with Crippen LogP contribution < -0.4 is 5.32 Å². The van der Waals surface area contributed by atoms with Crippen molar-refractivity contribution >= 4 is 29.2 Å². The molecule has 1 aliphatic carbocycles. The molecule has 122 valence electrons. The number of carbonyl (C=O) groups excluding carboxylic acids is 1. The number of aromatic nitrogens is 2. The van der Waals surface area contributed by atoms with Gasteiger partial charge in [0.25, 0.3) is 5.91 Å². The summed E-state index contributed by atoms with van der Waals surface area (Å²) in [6.07, 6.45) is 2.55. The molecule has 23 heavy (non-hydrogen) atoms. The first-order valence-electron chi connectivity index (χ1n) is 8.24. The number of hydrogen-bond acceptors (Lipinski definition) is 3. The van der Waals surface area contributed by atoms with E-state index >= 15 is 0 Å². The Morgan fingerprint density at radius 2 is 1.91 bits per heavy atom. The van der Waals surface area contributed by atoms with E-state index in [1.807, 2.05) is 24.3 Å². The quantitative estimate of drug-likeness (QED) is 0.885. The number of H-pyrrole nitrogens is 1. The van der Waals surface area contributed by atoms with Crippen molar-refractivity contribution in [3.63, 3.8) is 0 Å². The van der Waals surface area contributed by atoms with Gasteiger partial charge < -0.3 is 10.2 Å². The van der Waals surface area contributed by atoms with Crippen LogP contribution in [0.4, 0.5) is 0 Å². The lowest BCUT2D eigenvalue weighted by atomic mass is 9.65. The highest BCUT2D eigenvalue weighted by Crippen LogP contribution is 2.43. The molecule has 1 saturated carbocycles. The van der Waals surface area contributed by atoms with Crippen LogP contribution in [0.25, 0.3) is 10.9 Å². The highest BCUT2D eigenvalue weighted by Gasteiger charge is 2.48. The minimum Gasteiger partial charge on any atom is -0.347 e. The van der Waals surface area contributed by atoms with E-state index in [2.05, 4.69) is 20.4 Å². The smallest absolute Gasteiger partial charge is 0.272 e. The maximum absolute atomic E-state index is 12.7. The Balaban J connectivity index is 0.00000135. The average molecular weight is 333 g/mol. The predicted molar refractivity (Wildman–Crippen MR) is 90.7 cm³/mol.